The summed E-state index contributed by atoms with van der Waals surface area (Å²) >= 11 is 1.19. The number of nitrogens with one attached hydrogen (secondary N) is 1. The van der Waals surface area contributed by atoms with E-state index < -0.39 is 48.4 Å². The largest absolute Gasteiger partial charge is 0.417 e. The Bertz CT molecular complexity index is 1180. The minimum absolute atomic E-state index is 0.00976. The molecule has 1 aliphatic rings. The maximum atomic E-state index is 14.7. The molecule has 1 amide bonds. The summed E-state index contributed by atoms with van der Waals surface area (Å²) in [6.07, 6.45) is -4.53. The molecular formula is C22H18F6N4OS. The van der Waals surface area contributed by atoms with Crippen LogP contribution in [0.25, 0.3) is 10.4 Å². The number of likely N-dealkylation sites (tertiary alicyclic amines) is 1. The van der Waals surface area contributed by atoms with Crippen molar-refractivity contribution < 1.29 is 31.1 Å². The number of aryl methyl sites for hydroxylation is 1. The predicted octanol–water partition coefficient (Wildman–Crippen LogP) is 5.63. The number of rotatable bonds is 5. The molecule has 1 atom stereocenters. The Balaban J connectivity index is 1.56. The quantitative estimate of drug-likeness (QED) is 0.461. The standard InChI is InChI=1S/C22H18F6N4OS/c1-12-31-18(19(34-12)13-2-5-15(23)6-3-13)20(33)32-9-8-21(24,25)16(32)11-30-17-7-4-14(10-29-17)22(26,27)28/h2-7,10,16H,8-9,11H2,1H3,(H,29,30). The minimum Gasteiger partial charge on any atom is -0.368 e. The van der Waals surface area contributed by atoms with Crippen LogP contribution >= 0.6 is 11.3 Å². The maximum absolute atomic E-state index is 14.7. The van der Waals surface area contributed by atoms with Gasteiger partial charge in [-0.1, -0.05) is 12.1 Å². The lowest BCUT2D eigenvalue weighted by molar-refractivity contribution is -0.137. The van der Waals surface area contributed by atoms with Crippen LogP contribution in [0, 0.1) is 12.7 Å². The number of carbonyl (C=O) groups is 1. The van der Waals surface area contributed by atoms with Crippen molar-refractivity contribution in [3.05, 3.63) is 64.7 Å². The molecule has 4 rings (SSSR count). The first-order chi connectivity index (χ1) is 16.0. The summed E-state index contributed by atoms with van der Waals surface area (Å²) in [5, 5.41) is 3.14. The Labute approximate surface area is 194 Å². The number of hydrogen-bond acceptors (Lipinski definition) is 5. The third kappa shape index (κ3) is 4.86. The van der Waals surface area contributed by atoms with Gasteiger partial charge in [-0.05, 0) is 36.8 Å². The van der Waals surface area contributed by atoms with Crippen molar-refractivity contribution in [3.63, 3.8) is 0 Å². The number of halogens is 6. The fourth-order valence-electron chi connectivity index (χ4n) is 3.69. The van der Waals surface area contributed by atoms with Crippen molar-refractivity contribution >= 4 is 23.1 Å². The van der Waals surface area contributed by atoms with Gasteiger partial charge in [0.2, 0.25) is 0 Å². The summed E-state index contributed by atoms with van der Waals surface area (Å²) in [4.78, 5) is 22.6. The normalized spacial score (nSPS) is 17.7. The zero-order valence-corrected chi connectivity index (χ0v) is 18.5. The van der Waals surface area contributed by atoms with Gasteiger partial charge in [0.25, 0.3) is 11.8 Å². The van der Waals surface area contributed by atoms with Crippen molar-refractivity contribution in [2.45, 2.75) is 31.5 Å². The lowest BCUT2D eigenvalue weighted by Crippen LogP contribution is -2.47. The predicted molar refractivity (Wildman–Crippen MR) is 114 cm³/mol. The highest BCUT2D eigenvalue weighted by atomic mass is 32.1. The van der Waals surface area contributed by atoms with Gasteiger partial charge < -0.3 is 10.2 Å². The van der Waals surface area contributed by atoms with E-state index >= 15 is 0 Å². The van der Waals surface area contributed by atoms with Gasteiger partial charge in [0, 0.05) is 25.7 Å². The molecule has 0 spiro atoms. The second-order valence-electron chi connectivity index (χ2n) is 7.75. The summed E-state index contributed by atoms with van der Waals surface area (Å²) in [5.74, 6) is -4.41. The summed E-state index contributed by atoms with van der Waals surface area (Å²) in [7, 11) is 0. The molecule has 0 bridgehead atoms. The van der Waals surface area contributed by atoms with Gasteiger partial charge in [0.1, 0.15) is 23.4 Å². The van der Waals surface area contributed by atoms with Crippen molar-refractivity contribution in [1.29, 1.82) is 0 Å². The number of pyridine rings is 1. The molecule has 180 valence electrons. The zero-order valence-electron chi connectivity index (χ0n) is 17.7. The molecule has 1 aliphatic heterocycles. The molecule has 2 aromatic heterocycles. The Morgan fingerprint density at radius 1 is 1.21 bits per heavy atom. The van der Waals surface area contributed by atoms with Gasteiger partial charge >= 0.3 is 6.18 Å². The number of aromatic nitrogens is 2. The summed E-state index contributed by atoms with van der Waals surface area (Å²) in [6, 6.07) is 5.68. The lowest BCUT2D eigenvalue weighted by Gasteiger charge is -2.28. The van der Waals surface area contributed by atoms with E-state index in [4.69, 9.17) is 0 Å². The molecule has 5 nitrogen and oxygen atoms in total. The van der Waals surface area contributed by atoms with Gasteiger partial charge in [-0.2, -0.15) is 13.2 Å². The van der Waals surface area contributed by atoms with E-state index in [0.717, 1.165) is 17.0 Å². The monoisotopic (exact) mass is 500 g/mol. The van der Waals surface area contributed by atoms with E-state index in [1.165, 1.54) is 35.6 Å². The number of amides is 1. The van der Waals surface area contributed by atoms with E-state index in [1.54, 1.807) is 6.92 Å². The first-order valence-electron chi connectivity index (χ1n) is 10.1. The number of anilines is 1. The number of alkyl halides is 5. The highest BCUT2D eigenvalue weighted by molar-refractivity contribution is 7.15. The van der Waals surface area contributed by atoms with E-state index in [1.807, 2.05) is 0 Å². The highest BCUT2D eigenvalue weighted by Crippen LogP contribution is 2.38. The molecule has 12 heteroatoms. The Hall–Kier alpha value is -3.15. The first kappa shape index (κ1) is 24.0. The van der Waals surface area contributed by atoms with Crippen molar-refractivity contribution in [2.24, 2.45) is 0 Å². The molecule has 3 aromatic rings. The van der Waals surface area contributed by atoms with Crippen LogP contribution < -0.4 is 5.32 Å². The van der Waals surface area contributed by atoms with Crippen LogP contribution in [0.3, 0.4) is 0 Å². The second-order valence-corrected chi connectivity index (χ2v) is 8.96. The molecule has 0 aliphatic carbocycles. The third-order valence-electron chi connectivity index (χ3n) is 5.42. The van der Waals surface area contributed by atoms with Gasteiger partial charge in [-0.15, -0.1) is 11.3 Å². The van der Waals surface area contributed by atoms with E-state index in [0.29, 0.717) is 21.6 Å². The zero-order chi connectivity index (χ0) is 24.7. The van der Waals surface area contributed by atoms with Crippen LogP contribution in [0.1, 0.15) is 27.5 Å². The number of benzene rings is 1. The van der Waals surface area contributed by atoms with Crippen LogP contribution in [0.2, 0.25) is 0 Å². The van der Waals surface area contributed by atoms with Gasteiger partial charge in [0.05, 0.1) is 15.4 Å². The van der Waals surface area contributed by atoms with E-state index in [2.05, 4.69) is 15.3 Å². The Morgan fingerprint density at radius 3 is 2.53 bits per heavy atom. The summed E-state index contributed by atoms with van der Waals surface area (Å²) in [6.45, 7) is 1.02. The molecule has 3 heterocycles. The number of carbonyl (C=O) groups excluding carboxylic acids is 1. The van der Waals surface area contributed by atoms with Crippen LogP contribution in [0.5, 0.6) is 0 Å². The van der Waals surface area contributed by atoms with Crippen LogP contribution in [0.4, 0.5) is 32.2 Å². The molecular weight excluding hydrogens is 482 g/mol. The Morgan fingerprint density at radius 2 is 1.91 bits per heavy atom. The molecule has 0 radical (unpaired) electrons. The van der Waals surface area contributed by atoms with Crippen LogP contribution in [0.15, 0.2) is 42.6 Å². The molecule has 1 N–H and O–H groups in total. The molecule has 1 unspecified atom stereocenters. The summed E-state index contributed by atoms with van der Waals surface area (Å²) in [5.41, 5.74) is -0.442. The van der Waals surface area contributed by atoms with Gasteiger partial charge in [-0.3, -0.25) is 4.79 Å². The average molecular weight is 500 g/mol. The Kier molecular flexibility index (Phi) is 6.28. The molecule has 34 heavy (non-hydrogen) atoms. The second kappa shape index (κ2) is 8.90. The fourth-order valence-corrected chi connectivity index (χ4v) is 4.61. The van der Waals surface area contributed by atoms with Crippen LogP contribution in [-0.4, -0.2) is 45.8 Å². The third-order valence-corrected chi connectivity index (χ3v) is 6.44. The number of nitrogens with zero attached hydrogens (tertiary/aromatic N) is 3. The molecule has 1 fully saturated rings. The summed E-state index contributed by atoms with van der Waals surface area (Å²) < 4.78 is 80.8. The van der Waals surface area contributed by atoms with Gasteiger partial charge in [0.15, 0.2) is 0 Å². The topological polar surface area (TPSA) is 58.1 Å². The van der Waals surface area contributed by atoms with Crippen molar-refractivity contribution in [1.82, 2.24) is 14.9 Å². The lowest BCUT2D eigenvalue weighted by atomic mass is 10.1. The van der Waals surface area contributed by atoms with Crippen molar-refractivity contribution in [2.75, 3.05) is 18.4 Å². The van der Waals surface area contributed by atoms with E-state index in [9.17, 15) is 31.1 Å². The molecule has 1 saturated heterocycles. The molecule has 0 saturated carbocycles. The minimum atomic E-state index is -4.57. The van der Waals surface area contributed by atoms with E-state index in [-0.39, 0.29) is 18.1 Å². The van der Waals surface area contributed by atoms with Gasteiger partial charge in [-0.25, -0.2) is 23.1 Å². The number of thiazole rings is 1. The molecule has 1 aromatic carbocycles. The average Bonchev–Trinajstić information content (AvgIpc) is 3.31. The SMILES string of the molecule is Cc1nc(C(=O)N2CCC(F)(F)C2CNc2ccc(C(F)(F)F)cn2)c(-c2ccc(F)cc2)s1. The first-order valence-corrected chi connectivity index (χ1v) is 11.0. The van der Waals surface area contributed by atoms with Crippen LogP contribution in [-0.2, 0) is 6.18 Å². The number of hydrogen-bond donors (Lipinski definition) is 1. The maximum Gasteiger partial charge on any atom is 0.417 e. The highest BCUT2D eigenvalue weighted by Gasteiger charge is 2.51. The smallest absolute Gasteiger partial charge is 0.368 e. The van der Waals surface area contributed by atoms with Crippen molar-refractivity contribution in [3.8, 4) is 10.4 Å². The fraction of sp³-hybridized carbons (Fsp3) is 0.318.